The summed E-state index contributed by atoms with van der Waals surface area (Å²) >= 11 is 5.98. The summed E-state index contributed by atoms with van der Waals surface area (Å²) in [7, 11) is -3.54. The van der Waals surface area contributed by atoms with E-state index in [0.717, 1.165) is 17.5 Å². The maximum absolute atomic E-state index is 12.7. The van der Waals surface area contributed by atoms with Gasteiger partial charge in [0.15, 0.2) is 0 Å². The van der Waals surface area contributed by atoms with Crippen molar-refractivity contribution in [3.63, 3.8) is 0 Å². The Hall–Kier alpha value is -2.91. The van der Waals surface area contributed by atoms with Crippen molar-refractivity contribution in [1.29, 1.82) is 0 Å². The number of benzene rings is 2. The van der Waals surface area contributed by atoms with Gasteiger partial charge in [0.25, 0.3) is 5.91 Å². The molecule has 8 nitrogen and oxygen atoms in total. The summed E-state index contributed by atoms with van der Waals surface area (Å²) in [6, 6.07) is 11.5. The predicted molar refractivity (Wildman–Crippen MR) is 107 cm³/mol. The summed E-state index contributed by atoms with van der Waals surface area (Å²) in [6.45, 7) is 1.83. The largest absolute Gasteiger partial charge is 0.345 e. The fourth-order valence-electron chi connectivity index (χ4n) is 2.61. The summed E-state index contributed by atoms with van der Waals surface area (Å²) in [5, 5.41) is 7.24. The van der Waals surface area contributed by atoms with E-state index >= 15 is 0 Å². The Morgan fingerprint density at radius 1 is 1.18 bits per heavy atom. The monoisotopic (exact) mass is 419 g/mol. The molecule has 0 saturated heterocycles. The van der Waals surface area contributed by atoms with Crippen LogP contribution in [-0.4, -0.2) is 35.3 Å². The van der Waals surface area contributed by atoms with Crippen LogP contribution in [0.25, 0.3) is 5.69 Å². The van der Waals surface area contributed by atoms with Gasteiger partial charge in [0.2, 0.25) is 10.0 Å². The van der Waals surface area contributed by atoms with E-state index in [4.69, 9.17) is 11.6 Å². The van der Waals surface area contributed by atoms with Gasteiger partial charge in [0, 0.05) is 5.02 Å². The highest BCUT2D eigenvalue weighted by Gasteiger charge is 2.17. The van der Waals surface area contributed by atoms with Crippen LogP contribution in [0, 0.1) is 0 Å². The number of hydrogen-bond donors (Lipinski definition) is 2. The molecule has 1 unspecified atom stereocenters. The van der Waals surface area contributed by atoms with E-state index in [-0.39, 0.29) is 17.3 Å². The highest BCUT2D eigenvalue weighted by atomic mass is 35.5. The van der Waals surface area contributed by atoms with E-state index < -0.39 is 15.9 Å². The van der Waals surface area contributed by atoms with Gasteiger partial charge in [0.1, 0.15) is 12.7 Å². The summed E-state index contributed by atoms with van der Waals surface area (Å²) < 4.78 is 27.1. The van der Waals surface area contributed by atoms with Gasteiger partial charge in [-0.15, -0.1) is 0 Å². The smallest absolute Gasteiger partial charge is 0.253 e. The average Bonchev–Trinajstić information content (AvgIpc) is 3.17. The Kier molecular flexibility index (Phi) is 5.66. The van der Waals surface area contributed by atoms with Crippen molar-refractivity contribution in [2.24, 2.45) is 0 Å². The molecular weight excluding hydrogens is 402 g/mol. The summed E-state index contributed by atoms with van der Waals surface area (Å²) in [6.07, 6.45) is 4.06. The van der Waals surface area contributed by atoms with Crippen molar-refractivity contribution in [1.82, 2.24) is 20.1 Å². The highest BCUT2D eigenvalue weighted by molar-refractivity contribution is 7.92. The average molecular weight is 420 g/mol. The first-order valence-corrected chi connectivity index (χ1v) is 10.5. The first-order chi connectivity index (χ1) is 13.2. The third-order valence-electron chi connectivity index (χ3n) is 3.95. The van der Waals surface area contributed by atoms with Gasteiger partial charge in [-0.3, -0.25) is 9.52 Å². The van der Waals surface area contributed by atoms with Crippen LogP contribution in [0.2, 0.25) is 5.02 Å². The molecule has 1 atom stereocenters. The van der Waals surface area contributed by atoms with Crippen molar-refractivity contribution in [3.05, 3.63) is 71.3 Å². The van der Waals surface area contributed by atoms with Gasteiger partial charge in [-0.1, -0.05) is 23.7 Å². The third kappa shape index (κ3) is 4.87. The van der Waals surface area contributed by atoms with Gasteiger partial charge in [-0.05, 0) is 42.8 Å². The van der Waals surface area contributed by atoms with Gasteiger partial charge in [0.05, 0.1) is 29.2 Å². The number of sulfonamides is 1. The number of anilines is 1. The fourth-order valence-corrected chi connectivity index (χ4v) is 3.36. The second-order valence-corrected chi connectivity index (χ2v) is 8.38. The van der Waals surface area contributed by atoms with E-state index in [0.29, 0.717) is 5.02 Å². The molecule has 0 bridgehead atoms. The van der Waals surface area contributed by atoms with Gasteiger partial charge >= 0.3 is 0 Å². The van der Waals surface area contributed by atoms with Crippen LogP contribution in [0.5, 0.6) is 0 Å². The van der Waals surface area contributed by atoms with Gasteiger partial charge < -0.3 is 5.32 Å². The molecule has 146 valence electrons. The Labute approximate surface area is 167 Å². The number of rotatable bonds is 6. The molecule has 1 heterocycles. The second kappa shape index (κ2) is 7.99. The fraction of sp³-hybridized carbons (Fsp3) is 0.167. The summed E-state index contributed by atoms with van der Waals surface area (Å²) in [4.78, 5) is 16.6. The number of halogens is 1. The molecule has 0 fully saturated rings. The standard InChI is InChI=1S/C18H18ClN5O3S/c1-12(13-3-6-15(7-4-13)24-11-20-10-21-24)22-18(25)16-9-14(19)5-8-17(16)23-28(2,26)27/h3-12,23H,1-2H3,(H,22,25). The molecular formula is C18H18ClN5O3S. The minimum atomic E-state index is -3.54. The second-order valence-electron chi connectivity index (χ2n) is 6.19. The molecule has 0 aliphatic rings. The van der Waals surface area contributed by atoms with Crippen molar-refractivity contribution >= 4 is 33.2 Å². The maximum atomic E-state index is 12.7. The van der Waals surface area contributed by atoms with Crippen LogP contribution < -0.4 is 10.0 Å². The van der Waals surface area contributed by atoms with E-state index in [1.54, 1.807) is 11.0 Å². The van der Waals surface area contributed by atoms with Crippen LogP contribution >= 0.6 is 11.6 Å². The zero-order valence-corrected chi connectivity index (χ0v) is 16.7. The minimum absolute atomic E-state index is 0.143. The first kappa shape index (κ1) is 19.8. The van der Waals surface area contributed by atoms with E-state index in [9.17, 15) is 13.2 Å². The minimum Gasteiger partial charge on any atom is -0.345 e. The topological polar surface area (TPSA) is 106 Å². The van der Waals surface area contributed by atoms with Crippen LogP contribution in [0.1, 0.15) is 28.9 Å². The van der Waals surface area contributed by atoms with Gasteiger partial charge in [-0.25, -0.2) is 18.1 Å². The van der Waals surface area contributed by atoms with Crippen LogP contribution in [-0.2, 0) is 10.0 Å². The van der Waals surface area contributed by atoms with Crippen molar-refractivity contribution in [2.45, 2.75) is 13.0 Å². The molecule has 0 aliphatic carbocycles. The van der Waals surface area contributed by atoms with Gasteiger partial charge in [-0.2, -0.15) is 5.10 Å². The third-order valence-corrected chi connectivity index (χ3v) is 4.77. The number of nitrogens with one attached hydrogen (secondary N) is 2. The van der Waals surface area contributed by atoms with Crippen molar-refractivity contribution < 1.29 is 13.2 Å². The predicted octanol–water partition coefficient (Wildman–Crippen LogP) is 2.78. The number of hydrogen-bond acceptors (Lipinski definition) is 5. The number of aromatic nitrogens is 3. The normalized spacial score (nSPS) is 12.4. The van der Waals surface area contributed by atoms with Crippen LogP contribution in [0.3, 0.4) is 0 Å². The zero-order chi connectivity index (χ0) is 20.3. The molecule has 3 rings (SSSR count). The Bertz CT molecular complexity index is 1080. The SMILES string of the molecule is CC(NC(=O)c1cc(Cl)ccc1NS(C)(=O)=O)c1ccc(-n2cncn2)cc1. The Morgan fingerprint density at radius 3 is 2.50 bits per heavy atom. The van der Waals surface area contributed by atoms with Crippen LogP contribution in [0.15, 0.2) is 55.1 Å². The molecule has 1 aromatic heterocycles. The van der Waals surface area contributed by atoms with E-state index in [2.05, 4.69) is 20.1 Å². The lowest BCUT2D eigenvalue weighted by Gasteiger charge is -2.17. The lowest BCUT2D eigenvalue weighted by atomic mass is 10.1. The quantitative estimate of drug-likeness (QED) is 0.639. The Morgan fingerprint density at radius 2 is 1.89 bits per heavy atom. The molecule has 2 N–H and O–H groups in total. The first-order valence-electron chi connectivity index (χ1n) is 8.26. The molecule has 10 heteroatoms. The van der Waals surface area contributed by atoms with Crippen molar-refractivity contribution in [3.8, 4) is 5.69 Å². The number of carbonyl (C=O) groups is 1. The highest BCUT2D eigenvalue weighted by Crippen LogP contribution is 2.23. The lowest BCUT2D eigenvalue weighted by Crippen LogP contribution is -2.28. The summed E-state index contributed by atoms with van der Waals surface area (Å²) in [5.74, 6) is -0.443. The maximum Gasteiger partial charge on any atom is 0.253 e. The number of carbonyl (C=O) groups excluding carboxylic acids is 1. The molecule has 0 radical (unpaired) electrons. The summed E-state index contributed by atoms with van der Waals surface area (Å²) in [5.41, 5.74) is 2.02. The van der Waals surface area contributed by atoms with E-state index in [1.165, 1.54) is 24.5 Å². The number of amides is 1. The molecule has 28 heavy (non-hydrogen) atoms. The molecule has 0 aliphatic heterocycles. The zero-order valence-electron chi connectivity index (χ0n) is 15.1. The Balaban J connectivity index is 1.78. The van der Waals surface area contributed by atoms with Crippen molar-refractivity contribution in [2.75, 3.05) is 11.0 Å². The molecule has 0 spiro atoms. The van der Waals surface area contributed by atoms with E-state index in [1.807, 2.05) is 31.2 Å². The molecule has 1 amide bonds. The van der Waals surface area contributed by atoms with Crippen LogP contribution in [0.4, 0.5) is 5.69 Å². The lowest BCUT2D eigenvalue weighted by molar-refractivity contribution is 0.0941. The molecule has 3 aromatic rings. The number of nitrogens with zero attached hydrogens (tertiary/aromatic N) is 3. The molecule has 2 aromatic carbocycles. The molecule has 0 saturated carbocycles.